The lowest BCUT2D eigenvalue weighted by molar-refractivity contribution is 0.219. The quantitative estimate of drug-likeness (QED) is 0.763. The van der Waals surface area contributed by atoms with Crippen LogP contribution in [-0.2, 0) is 0 Å². The molecule has 0 atom stereocenters. The maximum absolute atomic E-state index is 5.14. The molecule has 1 saturated heterocycles. The SMILES string of the molecule is c1noc(C2CCC3(CCCN3)CC2)n1. The summed E-state index contributed by atoms with van der Waals surface area (Å²) in [6.07, 6.45) is 9.10. The van der Waals surface area contributed by atoms with Crippen molar-refractivity contribution in [1.29, 1.82) is 0 Å². The molecule has 2 heterocycles. The average molecular weight is 207 g/mol. The number of nitrogens with zero attached hydrogens (tertiary/aromatic N) is 2. The molecule has 1 saturated carbocycles. The minimum atomic E-state index is 0.455. The Hall–Kier alpha value is -0.900. The van der Waals surface area contributed by atoms with Gasteiger partial charge in [-0.2, -0.15) is 4.98 Å². The van der Waals surface area contributed by atoms with E-state index in [4.69, 9.17) is 4.52 Å². The summed E-state index contributed by atoms with van der Waals surface area (Å²) in [7, 11) is 0. The van der Waals surface area contributed by atoms with Gasteiger partial charge in [0, 0.05) is 11.5 Å². The molecule has 0 bridgehead atoms. The van der Waals surface area contributed by atoms with Crippen molar-refractivity contribution in [2.75, 3.05) is 6.54 Å². The molecule has 0 radical (unpaired) electrons. The highest BCUT2D eigenvalue weighted by molar-refractivity contribution is 5.02. The molecule has 3 rings (SSSR count). The second kappa shape index (κ2) is 3.59. The topological polar surface area (TPSA) is 51.0 Å². The molecule has 2 fully saturated rings. The van der Waals surface area contributed by atoms with E-state index >= 15 is 0 Å². The summed E-state index contributed by atoms with van der Waals surface area (Å²) < 4.78 is 5.14. The van der Waals surface area contributed by atoms with Gasteiger partial charge >= 0.3 is 0 Å². The summed E-state index contributed by atoms with van der Waals surface area (Å²) in [6, 6.07) is 0. The lowest BCUT2D eigenvalue weighted by atomic mass is 9.76. The van der Waals surface area contributed by atoms with Crippen LogP contribution in [0.15, 0.2) is 10.9 Å². The number of rotatable bonds is 1. The first kappa shape index (κ1) is 9.33. The van der Waals surface area contributed by atoms with Crippen LogP contribution in [0, 0.1) is 0 Å². The Labute approximate surface area is 89.4 Å². The molecule has 1 aliphatic carbocycles. The summed E-state index contributed by atoms with van der Waals surface area (Å²) >= 11 is 0. The van der Waals surface area contributed by atoms with Crippen molar-refractivity contribution in [2.45, 2.75) is 50.0 Å². The van der Waals surface area contributed by atoms with Gasteiger partial charge in [-0.3, -0.25) is 0 Å². The second-order valence-electron chi connectivity index (χ2n) is 4.86. The van der Waals surface area contributed by atoms with E-state index < -0.39 is 0 Å². The van der Waals surface area contributed by atoms with Crippen LogP contribution in [-0.4, -0.2) is 22.2 Å². The zero-order valence-electron chi connectivity index (χ0n) is 8.91. The molecule has 15 heavy (non-hydrogen) atoms. The maximum Gasteiger partial charge on any atom is 0.229 e. The van der Waals surface area contributed by atoms with Crippen LogP contribution < -0.4 is 5.32 Å². The van der Waals surface area contributed by atoms with Crippen LogP contribution in [0.3, 0.4) is 0 Å². The van der Waals surface area contributed by atoms with Gasteiger partial charge in [-0.15, -0.1) is 0 Å². The first-order valence-corrected chi connectivity index (χ1v) is 5.90. The Morgan fingerprint density at radius 2 is 2.20 bits per heavy atom. The van der Waals surface area contributed by atoms with Crippen LogP contribution in [0.4, 0.5) is 0 Å². The van der Waals surface area contributed by atoms with Crippen molar-refractivity contribution >= 4 is 0 Å². The molecule has 4 heteroatoms. The van der Waals surface area contributed by atoms with E-state index in [2.05, 4.69) is 15.5 Å². The third-order valence-corrected chi connectivity index (χ3v) is 4.00. The summed E-state index contributed by atoms with van der Waals surface area (Å²) in [4.78, 5) is 4.16. The fourth-order valence-corrected chi connectivity index (χ4v) is 3.07. The second-order valence-corrected chi connectivity index (χ2v) is 4.86. The zero-order chi connectivity index (χ0) is 10.1. The predicted octanol–water partition coefficient (Wildman–Crippen LogP) is 1.85. The highest BCUT2D eigenvalue weighted by Gasteiger charge is 2.38. The van der Waals surface area contributed by atoms with Gasteiger partial charge in [0.2, 0.25) is 5.89 Å². The first-order valence-electron chi connectivity index (χ1n) is 5.90. The van der Waals surface area contributed by atoms with Crippen molar-refractivity contribution in [3.63, 3.8) is 0 Å². The van der Waals surface area contributed by atoms with Crippen LogP contribution in [0.25, 0.3) is 0 Å². The number of hydrogen-bond donors (Lipinski definition) is 1. The van der Waals surface area contributed by atoms with Gasteiger partial charge < -0.3 is 9.84 Å². The highest BCUT2D eigenvalue weighted by Crippen LogP contribution is 2.41. The largest absolute Gasteiger partial charge is 0.339 e. The number of nitrogens with one attached hydrogen (secondary N) is 1. The van der Waals surface area contributed by atoms with E-state index in [-0.39, 0.29) is 0 Å². The van der Waals surface area contributed by atoms with Crippen molar-refractivity contribution in [2.24, 2.45) is 0 Å². The normalized spacial score (nSPS) is 36.1. The lowest BCUT2D eigenvalue weighted by Gasteiger charge is -2.36. The molecule has 0 unspecified atom stereocenters. The smallest absolute Gasteiger partial charge is 0.229 e. The van der Waals surface area contributed by atoms with Gasteiger partial charge in [-0.05, 0) is 45.1 Å². The molecule has 2 aliphatic rings. The fourth-order valence-electron chi connectivity index (χ4n) is 3.07. The Morgan fingerprint density at radius 1 is 1.33 bits per heavy atom. The molecule has 1 spiro atoms. The summed E-state index contributed by atoms with van der Waals surface area (Å²) in [5, 5.41) is 7.36. The van der Waals surface area contributed by atoms with E-state index in [1.54, 1.807) is 0 Å². The zero-order valence-corrected chi connectivity index (χ0v) is 8.91. The number of hydrogen-bond acceptors (Lipinski definition) is 4. The van der Waals surface area contributed by atoms with Gasteiger partial charge in [0.25, 0.3) is 0 Å². The molecular formula is C11H17N3O. The maximum atomic E-state index is 5.14. The van der Waals surface area contributed by atoms with E-state index in [1.807, 2.05) is 0 Å². The van der Waals surface area contributed by atoms with E-state index in [0.717, 1.165) is 5.89 Å². The predicted molar refractivity (Wildman–Crippen MR) is 55.5 cm³/mol. The van der Waals surface area contributed by atoms with Gasteiger partial charge in [0.15, 0.2) is 6.33 Å². The van der Waals surface area contributed by atoms with Crippen LogP contribution >= 0.6 is 0 Å². The molecule has 1 N–H and O–H groups in total. The summed E-state index contributed by atoms with van der Waals surface area (Å²) in [5.41, 5.74) is 0.455. The molecular weight excluding hydrogens is 190 g/mol. The summed E-state index contributed by atoms with van der Waals surface area (Å²) in [5.74, 6) is 1.34. The Morgan fingerprint density at radius 3 is 2.80 bits per heavy atom. The van der Waals surface area contributed by atoms with Crippen molar-refractivity contribution in [1.82, 2.24) is 15.5 Å². The van der Waals surface area contributed by atoms with Crippen molar-refractivity contribution in [3.8, 4) is 0 Å². The van der Waals surface area contributed by atoms with E-state index in [1.165, 1.54) is 51.4 Å². The highest BCUT2D eigenvalue weighted by atomic mass is 16.5. The Kier molecular flexibility index (Phi) is 2.24. The molecule has 1 aromatic rings. The monoisotopic (exact) mass is 207 g/mol. The number of aromatic nitrogens is 2. The van der Waals surface area contributed by atoms with Gasteiger partial charge in [0.1, 0.15) is 0 Å². The first-order chi connectivity index (χ1) is 7.38. The van der Waals surface area contributed by atoms with Gasteiger partial charge in [-0.1, -0.05) is 5.16 Å². The molecule has 1 aromatic heterocycles. The molecule has 1 aliphatic heterocycles. The fraction of sp³-hybridized carbons (Fsp3) is 0.818. The van der Waals surface area contributed by atoms with Crippen LogP contribution in [0.1, 0.15) is 50.3 Å². The Balaban J connectivity index is 1.65. The molecule has 82 valence electrons. The molecule has 0 amide bonds. The van der Waals surface area contributed by atoms with Gasteiger partial charge in [0.05, 0.1) is 0 Å². The van der Waals surface area contributed by atoms with Crippen molar-refractivity contribution < 1.29 is 4.52 Å². The third-order valence-electron chi connectivity index (χ3n) is 4.00. The molecule has 0 aromatic carbocycles. The van der Waals surface area contributed by atoms with E-state index in [9.17, 15) is 0 Å². The minimum Gasteiger partial charge on any atom is -0.339 e. The van der Waals surface area contributed by atoms with Gasteiger partial charge in [-0.25, -0.2) is 0 Å². The van der Waals surface area contributed by atoms with Crippen LogP contribution in [0.2, 0.25) is 0 Å². The lowest BCUT2D eigenvalue weighted by Crippen LogP contribution is -2.42. The van der Waals surface area contributed by atoms with E-state index in [0.29, 0.717) is 11.5 Å². The van der Waals surface area contributed by atoms with Crippen LogP contribution in [0.5, 0.6) is 0 Å². The molecule has 4 nitrogen and oxygen atoms in total. The summed E-state index contributed by atoms with van der Waals surface area (Å²) in [6.45, 7) is 1.20. The third kappa shape index (κ3) is 1.67. The minimum absolute atomic E-state index is 0.455. The van der Waals surface area contributed by atoms with Crippen molar-refractivity contribution in [3.05, 3.63) is 12.2 Å². The standard InChI is InChI=1S/C11H17N3O/c1-4-11(13-7-1)5-2-9(3-6-11)10-12-8-14-15-10/h8-9,13H,1-7H2. The average Bonchev–Trinajstić information content (AvgIpc) is 2.91. The Bertz CT molecular complexity index is 307.